The zero-order valence-electron chi connectivity index (χ0n) is 14.9. The highest BCUT2D eigenvalue weighted by molar-refractivity contribution is 5.28. The molecule has 1 saturated heterocycles. The van der Waals surface area contributed by atoms with Crippen molar-refractivity contribution in [1.82, 2.24) is 0 Å². The van der Waals surface area contributed by atoms with E-state index in [2.05, 4.69) is 40.7 Å². The van der Waals surface area contributed by atoms with Crippen LogP contribution in [0.5, 0.6) is 0 Å². The second kappa shape index (κ2) is 4.39. The molecule has 1 aliphatic heterocycles. The fraction of sp³-hybridized carbons (Fsp3) is 0.900. The Morgan fingerprint density at radius 1 is 1.23 bits per heavy atom. The molecule has 2 saturated carbocycles. The predicted molar refractivity (Wildman–Crippen MR) is 88.5 cm³/mol. The van der Waals surface area contributed by atoms with E-state index in [-0.39, 0.29) is 22.5 Å². The predicted octanol–water partition coefficient (Wildman–Crippen LogP) is 4.32. The van der Waals surface area contributed by atoms with Crippen LogP contribution in [-0.2, 0) is 4.74 Å². The van der Waals surface area contributed by atoms with E-state index < -0.39 is 0 Å². The Morgan fingerprint density at radius 3 is 2.64 bits per heavy atom. The molecule has 22 heavy (non-hydrogen) atoms. The van der Waals surface area contributed by atoms with Crippen LogP contribution in [0.1, 0.15) is 66.7 Å². The van der Waals surface area contributed by atoms with Gasteiger partial charge in [0.2, 0.25) is 0 Å². The average molecular weight is 304 g/mol. The zero-order valence-corrected chi connectivity index (χ0v) is 14.9. The molecule has 3 aliphatic carbocycles. The number of ether oxygens (including phenoxy) is 1. The Hall–Kier alpha value is -0.340. The number of hydrogen-bond donors (Lipinski definition) is 1. The van der Waals surface area contributed by atoms with Gasteiger partial charge in [-0.1, -0.05) is 39.3 Å². The van der Waals surface area contributed by atoms with Gasteiger partial charge in [0.25, 0.3) is 0 Å². The van der Waals surface area contributed by atoms with Crippen LogP contribution in [0, 0.1) is 28.6 Å². The number of aliphatic hydroxyl groups is 1. The summed E-state index contributed by atoms with van der Waals surface area (Å²) in [5.74, 6) is 1.89. The summed E-state index contributed by atoms with van der Waals surface area (Å²) in [6.45, 7) is 11.7. The fourth-order valence-electron chi connectivity index (χ4n) is 6.21. The monoisotopic (exact) mass is 304 g/mol. The molecular weight excluding hydrogens is 272 g/mol. The molecule has 2 heteroatoms. The normalized spacial score (nSPS) is 56.8. The maximum absolute atomic E-state index is 11.0. The molecule has 0 spiro atoms. The molecule has 7 unspecified atom stereocenters. The van der Waals surface area contributed by atoms with Crippen molar-refractivity contribution in [3.05, 3.63) is 11.6 Å². The van der Waals surface area contributed by atoms with Crippen molar-refractivity contribution in [2.75, 3.05) is 0 Å². The summed E-state index contributed by atoms with van der Waals surface area (Å²) in [6, 6.07) is 0. The van der Waals surface area contributed by atoms with Crippen LogP contribution in [0.25, 0.3) is 0 Å². The first kappa shape index (κ1) is 15.2. The summed E-state index contributed by atoms with van der Waals surface area (Å²) in [4.78, 5) is 0. The lowest BCUT2D eigenvalue weighted by Gasteiger charge is -2.56. The third kappa shape index (κ3) is 1.86. The van der Waals surface area contributed by atoms with Crippen molar-refractivity contribution < 1.29 is 9.84 Å². The number of rotatable bonds is 1. The Labute approximate surface area is 135 Å². The number of fused-ring (bicyclic) bond motifs is 4. The van der Waals surface area contributed by atoms with Gasteiger partial charge in [0.05, 0.1) is 17.8 Å². The number of allylic oxidation sites excluding steroid dienone is 2. The molecular formula is C20H32O2. The summed E-state index contributed by atoms with van der Waals surface area (Å²) < 4.78 is 6.01. The second-order valence-corrected chi connectivity index (χ2v) is 9.69. The Balaban J connectivity index is 1.74. The molecule has 4 rings (SSSR count). The van der Waals surface area contributed by atoms with E-state index in [1.165, 1.54) is 12.8 Å². The van der Waals surface area contributed by atoms with E-state index in [9.17, 15) is 5.11 Å². The molecule has 7 atom stereocenters. The molecule has 124 valence electrons. The smallest absolute Gasteiger partial charge is 0.0920 e. The topological polar surface area (TPSA) is 32.8 Å². The van der Waals surface area contributed by atoms with E-state index in [4.69, 9.17) is 4.74 Å². The maximum Gasteiger partial charge on any atom is 0.0920 e. The van der Waals surface area contributed by atoms with Crippen LogP contribution < -0.4 is 0 Å². The summed E-state index contributed by atoms with van der Waals surface area (Å²) >= 11 is 0. The molecule has 0 radical (unpaired) electrons. The molecule has 0 aromatic heterocycles. The minimum absolute atomic E-state index is 0.0695. The van der Waals surface area contributed by atoms with Crippen molar-refractivity contribution in [3.63, 3.8) is 0 Å². The molecule has 0 aromatic carbocycles. The third-order valence-electron chi connectivity index (χ3n) is 7.87. The van der Waals surface area contributed by atoms with E-state index >= 15 is 0 Å². The summed E-state index contributed by atoms with van der Waals surface area (Å²) in [7, 11) is 0. The lowest BCUT2D eigenvalue weighted by Crippen LogP contribution is -2.53. The summed E-state index contributed by atoms with van der Waals surface area (Å²) in [5, 5.41) is 11.0. The van der Waals surface area contributed by atoms with Crippen LogP contribution >= 0.6 is 0 Å². The maximum atomic E-state index is 11.0. The third-order valence-corrected chi connectivity index (χ3v) is 7.87. The molecule has 0 aromatic rings. The average Bonchev–Trinajstić information content (AvgIpc) is 2.89. The van der Waals surface area contributed by atoms with Gasteiger partial charge >= 0.3 is 0 Å². The zero-order chi connectivity index (χ0) is 15.9. The van der Waals surface area contributed by atoms with Gasteiger partial charge in [-0.05, 0) is 62.2 Å². The van der Waals surface area contributed by atoms with E-state index in [1.54, 1.807) is 5.57 Å². The fourth-order valence-corrected chi connectivity index (χ4v) is 6.21. The van der Waals surface area contributed by atoms with Crippen LogP contribution in [0.3, 0.4) is 0 Å². The van der Waals surface area contributed by atoms with Crippen LogP contribution in [0.2, 0.25) is 0 Å². The van der Waals surface area contributed by atoms with Crippen LogP contribution in [-0.4, -0.2) is 22.9 Å². The standard InChI is InChI=1S/C20H32O2/c1-12(2)13-6-8-19(4)15(21)10-18(3)11-16-20(5,22-16)9-7-14(18)17(13)19/h6,12,14-17,21H,7-11H2,1-5H3. The van der Waals surface area contributed by atoms with Crippen molar-refractivity contribution in [2.45, 2.75) is 84.5 Å². The highest BCUT2D eigenvalue weighted by atomic mass is 16.6. The van der Waals surface area contributed by atoms with Gasteiger partial charge in [-0.15, -0.1) is 0 Å². The molecule has 0 bridgehead atoms. The Kier molecular flexibility index (Phi) is 3.03. The molecule has 1 heterocycles. The summed E-state index contributed by atoms with van der Waals surface area (Å²) in [6.07, 6.45) is 8.36. The lowest BCUT2D eigenvalue weighted by atomic mass is 9.50. The second-order valence-electron chi connectivity index (χ2n) is 9.69. The SMILES string of the molecule is CC(C)C1=CCC2(C)C(O)CC3(C)CC4OC4(C)CCC3C12. The van der Waals surface area contributed by atoms with Gasteiger partial charge < -0.3 is 9.84 Å². The quantitative estimate of drug-likeness (QED) is 0.578. The first-order valence-electron chi connectivity index (χ1n) is 9.25. The van der Waals surface area contributed by atoms with Gasteiger partial charge in [-0.2, -0.15) is 0 Å². The highest BCUT2D eigenvalue weighted by Crippen LogP contribution is 2.66. The van der Waals surface area contributed by atoms with Crippen LogP contribution in [0.4, 0.5) is 0 Å². The van der Waals surface area contributed by atoms with Crippen molar-refractivity contribution in [2.24, 2.45) is 28.6 Å². The summed E-state index contributed by atoms with van der Waals surface area (Å²) in [5.41, 5.74) is 2.07. The van der Waals surface area contributed by atoms with E-state index in [0.29, 0.717) is 23.9 Å². The lowest BCUT2D eigenvalue weighted by molar-refractivity contribution is -0.116. The molecule has 1 N–H and O–H groups in total. The van der Waals surface area contributed by atoms with Gasteiger partial charge in [-0.3, -0.25) is 0 Å². The first-order chi connectivity index (χ1) is 10.2. The number of hydrogen-bond acceptors (Lipinski definition) is 2. The number of epoxide rings is 1. The molecule has 4 aliphatic rings. The minimum Gasteiger partial charge on any atom is -0.393 e. The first-order valence-corrected chi connectivity index (χ1v) is 9.25. The molecule has 0 amide bonds. The van der Waals surface area contributed by atoms with E-state index in [1.807, 2.05) is 0 Å². The Bertz CT molecular complexity index is 524. The Morgan fingerprint density at radius 2 is 1.95 bits per heavy atom. The number of aliphatic hydroxyl groups excluding tert-OH is 1. The van der Waals surface area contributed by atoms with Crippen molar-refractivity contribution in [3.8, 4) is 0 Å². The highest BCUT2D eigenvalue weighted by Gasteiger charge is 2.64. The minimum atomic E-state index is -0.172. The molecule has 3 fully saturated rings. The molecule has 2 nitrogen and oxygen atoms in total. The van der Waals surface area contributed by atoms with Crippen LogP contribution in [0.15, 0.2) is 11.6 Å². The van der Waals surface area contributed by atoms with Gasteiger partial charge in [-0.25, -0.2) is 0 Å². The van der Waals surface area contributed by atoms with Crippen molar-refractivity contribution >= 4 is 0 Å². The largest absolute Gasteiger partial charge is 0.393 e. The van der Waals surface area contributed by atoms with Gasteiger partial charge in [0.15, 0.2) is 0 Å². The van der Waals surface area contributed by atoms with Gasteiger partial charge in [0.1, 0.15) is 0 Å². The van der Waals surface area contributed by atoms with E-state index in [0.717, 1.165) is 19.3 Å². The van der Waals surface area contributed by atoms with Crippen molar-refractivity contribution in [1.29, 1.82) is 0 Å². The van der Waals surface area contributed by atoms with Gasteiger partial charge in [0, 0.05) is 5.41 Å².